The molecule has 0 aromatic heterocycles. The van der Waals surface area contributed by atoms with Crippen LogP contribution in [-0.4, -0.2) is 5.91 Å². The van der Waals surface area contributed by atoms with Crippen LogP contribution in [0, 0.1) is 0 Å². The van der Waals surface area contributed by atoms with Crippen molar-refractivity contribution in [3.63, 3.8) is 0 Å². The van der Waals surface area contributed by atoms with Crippen molar-refractivity contribution in [3.05, 3.63) is 65.7 Å². The predicted molar refractivity (Wildman–Crippen MR) is 74.8 cm³/mol. The van der Waals surface area contributed by atoms with Gasteiger partial charge in [0.05, 0.1) is 5.56 Å². The molecule has 1 N–H and O–H groups in total. The van der Waals surface area contributed by atoms with Crippen molar-refractivity contribution in [1.29, 1.82) is 0 Å². The van der Waals surface area contributed by atoms with Crippen LogP contribution in [0.4, 0.5) is 18.9 Å². The summed E-state index contributed by atoms with van der Waals surface area (Å²) in [5.41, 5.74) is 0.723. The molecule has 2 nitrogen and oxygen atoms in total. The number of anilines is 1. The minimum absolute atomic E-state index is 0.166. The SMILES string of the molecule is O=C(CCc1ccc(C(F)(F)F)cc1)Nc1ccccc1. The third kappa shape index (κ3) is 4.63. The number of alkyl halides is 3. The highest BCUT2D eigenvalue weighted by Crippen LogP contribution is 2.29. The minimum Gasteiger partial charge on any atom is -0.326 e. The average molecular weight is 293 g/mol. The van der Waals surface area contributed by atoms with Crippen LogP contribution in [0.2, 0.25) is 0 Å². The van der Waals surface area contributed by atoms with E-state index in [4.69, 9.17) is 0 Å². The van der Waals surface area contributed by atoms with E-state index in [-0.39, 0.29) is 12.3 Å². The predicted octanol–water partition coefficient (Wildman–Crippen LogP) is 4.28. The van der Waals surface area contributed by atoms with E-state index in [0.717, 1.165) is 12.1 Å². The molecule has 0 saturated carbocycles. The van der Waals surface area contributed by atoms with Crippen molar-refractivity contribution in [2.24, 2.45) is 0 Å². The van der Waals surface area contributed by atoms with Crippen LogP contribution in [0.3, 0.4) is 0 Å². The first-order valence-corrected chi connectivity index (χ1v) is 6.46. The third-order valence-electron chi connectivity index (χ3n) is 2.98. The smallest absolute Gasteiger partial charge is 0.326 e. The second-order valence-corrected chi connectivity index (χ2v) is 4.61. The Kier molecular flexibility index (Phi) is 4.62. The summed E-state index contributed by atoms with van der Waals surface area (Å²) in [5, 5.41) is 2.73. The van der Waals surface area contributed by atoms with Crippen LogP contribution in [0.15, 0.2) is 54.6 Å². The summed E-state index contributed by atoms with van der Waals surface area (Å²) in [7, 11) is 0. The van der Waals surface area contributed by atoms with Crippen molar-refractivity contribution >= 4 is 11.6 Å². The molecule has 0 unspecified atom stereocenters. The molecule has 0 aliphatic rings. The van der Waals surface area contributed by atoms with Crippen molar-refractivity contribution in [2.75, 3.05) is 5.32 Å². The lowest BCUT2D eigenvalue weighted by atomic mass is 10.1. The first-order chi connectivity index (χ1) is 9.95. The summed E-state index contributed by atoms with van der Waals surface area (Å²) >= 11 is 0. The molecular formula is C16H14F3NO. The van der Waals surface area contributed by atoms with Crippen LogP contribution in [-0.2, 0) is 17.4 Å². The molecule has 5 heteroatoms. The van der Waals surface area contributed by atoms with Crippen molar-refractivity contribution in [3.8, 4) is 0 Å². The Morgan fingerprint density at radius 3 is 2.14 bits per heavy atom. The van der Waals surface area contributed by atoms with Gasteiger partial charge < -0.3 is 5.32 Å². The molecular weight excluding hydrogens is 279 g/mol. The molecule has 0 heterocycles. The maximum atomic E-state index is 12.4. The number of aryl methyl sites for hydroxylation is 1. The summed E-state index contributed by atoms with van der Waals surface area (Å²) in [6, 6.07) is 13.9. The lowest BCUT2D eigenvalue weighted by molar-refractivity contribution is -0.137. The summed E-state index contributed by atoms with van der Waals surface area (Å²) in [5.74, 6) is -0.166. The number of carbonyl (C=O) groups is 1. The highest BCUT2D eigenvalue weighted by atomic mass is 19.4. The van der Waals surface area contributed by atoms with Crippen LogP contribution >= 0.6 is 0 Å². The van der Waals surface area contributed by atoms with Gasteiger partial charge in [0.15, 0.2) is 0 Å². The third-order valence-corrected chi connectivity index (χ3v) is 2.98. The molecule has 0 saturated heterocycles. The fourth-order valence-corrected chi connectivity index (χ4v) is 1.86. The topological polar surface area (TPSA) is 29.1 Å². The second kappa shape index (κ2) is 6.43. The highest BCUT2D eigenvalue weighted by molar-refractivity contribution is 5.90. The number of carbonyl (C=O) groups excluding carboxylic acids is 1. The zero-order valence-electron chi connectivity index (χ0n) is 11.2. The Bertz CT molecular complexity index is 591. The van der Waals surface area contributed by atoms with Gasteiger partial charge in [-0.15, -0.1) is 0 Å². The minimum atomic E-state index is -4.33. The van der Waals surface area contributed by atoms with Crippen molar-refractivity contribution in [1.82, 2.24) is 0 Å². The lowest BCUT2D eigenvalue weighted by Crippen LogP contribution is -2.12. The number of amides is 1. The fraction of sp³-hybridized carbons (Fsp3) is 0.188. The van der Waals surface area contributed by atoms with Gasteiger partial charge >= 0.3 is 6.18 Å². The molecule has 1 amide bonds. The molecule has 21 heavy (non-hydrogen) atoms. The molecule has 110 valence electrons. The molecule has 0 aliphatic heterocycles. The lowest BCUT2D eigenvalue weighted by Gasteiger charge is -2.08. The van der Waals surface area contributed by atoms with Crippen molar-refractivity contribution in [2.45, 2.75) is 19.0 Å². The fourth-order valence-electron chi connectivity index (χ4n) is 1.86. The summed E-state index contributed by atoms with van der Waals surface area (Å²) in [6.07, 6.45) is -3.71. The maximum Gasteiger partial charge on any atom is 0.416 e. The number of rotatable bonds is 4. The molecule has 2 rings (SSSR count). The standard InChI is InChI=1S/C16H14F3NO/c17-16(18,19)13-9-6-12(7-10-13)8-11-15(21)20-14-4-2-1-3-5-14/h1-7,9-10H,8,11H2,(H,20,21). The van der Waals surface area contributed by atoms with Gasteiger partial charge in [0.2, 0.25) is 5.91 Å². The van der Waals surface area contributed by atoms with Crippen LogP contribution in [0.1, 0.15) is 17.5 Å². The average Bonchev–Trinajstić information content (AvgIpc) is 2.46. The van der Waals surface area contributed by atoms with Crippen LogP contribution < -0.4 is 5.32 Å². The van der Waals surface area contributed by atoms with Gasteiger partial charge in [0.25, 0.3) is 0 Å². The number of hydrogen-bond acceptors (Lipinski definition) is 1. The molecule has 0 fully saturated rings. The van der Waals surface area contributed by atoms with Gasteiger partial charge in [-0.3, -0.25) is 4.79 Å². The highest BCUT2D eigenvalue weighted by Gasteiger charge is 2.29. The Morgan fingerprint density at radius 2 is 1.57 bits per heavy atom. The molecule has 0 aliphatic carbocycles. The zero-order chi connectivity index (χ0) is 15.3. The summed E-state index contributed by atoms with van der Waals surface area (Å²) < 4.78 is 37.2. The van der Waals surface area contributed by atoms with Gasteiger partial charge in [0, 0.05) is 12.1 Å². The van der Waals surface area contributed by atoms with E-state index < -0.39 is 11.7 Å². The molecule has 2 aromatic carbocycles. The van der Waals surface area contributed by atoms with E-state index >= 15 is 0 Å². The number of para-hydroxylation sites is 1. The van der Waals surface area contributed by atoms with E-state index in [1.54, 1.807) is 12.1 Å². The Balaban J connectivity index is 1.87. The Morgan fingerprint density at radius 1 is 0.952 bits per heavy atom. The van der Waals surface area contributed by atoms with E-state index in [1.165, 1.54) is 12.1 Å². The van der Waals surface area contributed by atoms with Gasteiger partial charge in [0.1, 0.15) is 0 Å². The number of halogens is 3. The summed E-state index contributed by atoms with van der Waals surface area (Å²) in [4.78, 5) is 11.7. The number of nitrogens with one attached hydrogen (secondary N) is 1. The monoisotopic (exact) mass is 293 g/mol. The molecule has 0 spiro atoms. The van der Waals surface area contributed by atoms with E-state index in [9.17, 15) is 18.0 Å². The van der Waals surface area contributed by atoms with Crippen LogP contribution in [0.25, 0.3) is 0 Å². The first-order valence-electron chi connectivity index (χ1n) is 6.46. The van der Waals surface area contributed by atoms with Crippen molar-refractivity contribution < 1.29 is 18.0 Å². The largest absolute Gasteiger partial charge is 0.416 e. The quantitative estimate of drug-likeness (QED) is 0.895. The maximum absolute atomic E-state index is 12.4. The van der Waals surface area contributed by atoms with Gasteiger partial charge in [-0.1, -0.05) is 30.3 Å². The summed E-state index contributed by atoms with van der Waals surface area (Å²) in [6.45, 7) is 0. The second-order valence-electron chi connectivity index (χ2n) is 4.61. The van der Waals surface area contributed by atoms with Gasteiger partial charge in [-0.05, 0) is 36.2 Å². The molecule has 2 aromatic rings. The van der Waals surface area contributed by atoms with E-state index in [1.807, 2.05) is 18.2 Å². The molecule has 0 atom stereocenters. The Labute approximate surface area is 120 Å². The number of benzene rings is 2. The van der Waals surface area contributed by atoms with E-state index in [2.05, 4.69) is 5.32 Å². The zero-order valence-corrected chi connectivity index (χ0v) is 11.2. The number of hydrogen-bond donors (Lipinski definition) is 1. The Hall–Kier alpha value is -2.30. The molecule has 0 bridgehead atoms. The van der Waals surface area contributed by atoms with Gasteiger partial charge in [-0.25, -0.2) is 0 Å². The molecule has 0 radical (unpaired) electrons. The normalized spacial score (nSPS) is 11.2. The van der Waals surface area contributed by atoms with Gasteiger partial charge in [-0.2, -0.15) is 13.2 Å². The van der Waals surface area contributed by atoms with E-state index in [0.29, 0.717) is 17.7 Å². The van der Waals surface area contributed by atoms with Crippen LogP contribution in [0.5, 0.6) is 0 Å². The first kappa shape index (κ1) is 15.1.